The van der Waals surface area contributed by atoms with E-state index in [1.165, 1.54) is 0 Å². The fourth-order valence-corrected chi connectivity index (χ4v) is 3.41. The molecule has 0 saturated carbocycles. The van der Waals surface area contributed by atoms with Crippen LogP contribution in [0.1, 0.15) is 18.9 Å². The van der Waals surface area contributed by atoms with Crippen molar-refractivity contribution in [3.05, 3.63) is 29.8 Å². The monoisotopic (exact) mass is 359 g/mol. The third-order valence-electron chi connectivity index (χ3n) is 5.10. The number of carbonyl (C=O) groups excluding carboxylic acids is 3. The Kier molecular flexibility index (Phi) is 5.44. The third kappa shape index (κ3) is 3.81. The lowest BCUT2D eigenvalue weighted by atomic mass is 10.1. The molecule has 1 aromatic rings. The van der Waals surface area contributed by atoms with E-state index in [0.29, 0.717) is 25.4 Å². The number of nitrogens with zero attached hydrogens (tertiary/aromatic N) is 2. The van der Waals surface area contributed by atoms with Gasteiger partial charge in [-0.25, -0.2) is 0 Å². The molecule has 2 aliphatic heterocycles. The highest BCUT2D eigenvalue weighted by Gasteiger charge is 2.43. The number of hydrogen-bond donors (Lipinski definition) is 1. The SMILES string of the molecule is CCc1cccc(OCC(=O)N2CC(N3CC(C(=O)NC)CC3=O)C2)c1. The lowest BCUT2D eigenvalue weighted by Gasteiger charge is -2.43. The maximum atomic E-state index is 12.2. The fourth-order valence-electron chi connectivity index (χ4n) is 3.41. The van der Waals surface area contributed by atoms with Crippen LogP contribution < -0.4 is 10.1 Å². The molecular weight excluding hydrogens is 334 g/mol. The van der Waals surface area contributed by atoms with E-state index in [4.69, 9.17) is 4.74 Å². The number of carbonyl (C=O) groups is 3. The highest BCUT2D eigenvalue weighted by Crippen LogP contribution is 2.25. The first-order valence-electron chi connectivity index (χ1n) is 9.02. The highest BCUT2D eigenvalue weighted by atomic mass is 16.5. The van der Waals surface area contributed by atoms with E-state index < -0.39 is 0 Å². The molecule has 2 aliphatic rings. The molecule has 0 aromatic heterocycles. The summed E-state index contributed by atoms with van der Waals surface area (Å²) in [5.41, 5.74) is 1.16. The van der Waals surface area contributed by atoms with Gasteiger partial charge in [-0.2, -0.15) is 0 Å². The summed E-state index contributed by atoms with van der Waals surface area (Å²) >= 11 is 0. The molecule has 3 amide bonds. The van der Waals surface area contributed by atoms with Crippen LogP contribution in [0.25, 0.3) is 0 Å². The molecule has 1 N–H and O–H groups in total. The first-order chi connectivity index (χ1) is 12.5. The van der Waals surface area contributed by atoms with Crippen LogP contribution in [-0.2, 0) is 20.8 Å². The smallest absolute Gasteiger partial charge is 0.260 e. The van der Waals surface area contributed by atoms with Crippen LogP contribution in [0.4, 0.5) is 0 Å². The molecule has 140 valence electrons. The van der Waals surface area contributed by atoms with Crippen LogP contribution in [0.3, 0.4) is 0 Å². The number of nitrogens with one attached hydrogen (secondary N) is 1. The zero-order valence-corrected chi connectivity index (χ0v) is 15.2. The number of likely N-dealkylation sites (tertiary alicyclic amines) is 2. The van der Waals surface area contributed by atoms with Crippen molar-refractivity contribution in [2.45, 2.75) is 25.8 Å². The van der Waals surface area contributed by atoms with Gasteiger partial charge in [0, 0.05) is 33.1 Å². The second-order valence-electron chi connectivity index (χ2n) is 6.80. The Morgan fingerprint density at radius 1 is 1.27 bits per heavy atom. The maximum Gasteiger partial charge on any atom is 0.260 e. The van der Waals surface area contributed by atoms with Crippen molar-refractivity contribution in [3.8, 4) is 5.75 Å². The number of benzene rings is 1. The predicted molar refractivity (Wildman–Crippen MR) is 95.6 cm³/mol. The lowest BCUT2D eigenvalue weighted by molar-refractivity contribution is -0.145. The minimum atomic E-state index is -0.286. The Bertz CT molecular complexity index is 700. The molecule has 7 heteroatoms. The summed E-state index contributed by atoms with van der Waals surface area (Å²) < 4.78 is 5.59. The van der Waals surface area contributed by atoms with Gasteiger partial charge >= 0.3 is 0 Å². The molecule has 0 radical (unpaired) electrons. The Morgan fingerprint density at radius 3 is 2.73 bits per heavy atom. The predicted octanol–water partition coefficient (Wildman–Crippen LogP) is 0.433. The van der Waals surface area contributed by atoms with Crippen LogP contribution in [0.5, 0.6) is 5.75 Å². The Hall–Kier alpha value is -2.57. The second kappa shape index (κ2) is 7.76. The van der Waals surface area contributed by atoms with E-state index in [-0.39, 0.29) is 42.7 Å². The van der Waals surface area contributed by atoms with Gasteiger partial charge in [0.25, 0.3) is 5.91 Å². The summed E-state index contributed by atoms with van der Waals surface area (Å²) in [6.07, 6.45) is 1.17. The summed E-state index contributed by atoms with van der Waals surface area (Å²) in [4.78, 5) is 39.5. The summed E-state index contributed by atoms with van der Waals surface area (Å²) in [6.45, 7) is 3.51. The van der Waals surface area contributed by atoms with E-state index in [1.807, 2.05) is 24.3 Å². The van der Waals surface area contributed by atoms with Gasteiger partial charge in [-0.05, 0) is 24.1 Å². The van der Waals surface area contributed by atoms with Gasteiger partial charge in [0.1, 0.15) is 5.75 Å². The molecule has 26 heavy (non-hydrogen) atoms. The largest absolute Gasteiger partial charge is 0.484 e. The van der Waals surface area contributed by atoms with Gasteiger partial charge in [0.05, 0.1) is 12.0 Å². The molecule has 1 unspecified atom stereocenters. The molecule has 0 aliphatic carbocycles. The van der Waals surface area contributed by atoms with Gasteiger partial charge in [-0.1, -0.05) is 19.1 Å². The lowest BCUT2D eigenvalue weighted by Crippen LogP contribution is -2.62. The molecule has 2 heterocycles. The number of amides is 3. The van der Waals surface area contributed by atoms with Crippen LogP contribution in [0, 0.1) is 5.92 Å². The Balaban J connectivity index is 1.45. The molecule has 2 saturated heterocycles. The topological polar surface area (TPSA) is 79.0 Å². The quantitative estimate of drug-likeness (QED) is 0.799. The first-order valence-corrected chi connectivity index (χ1v) is 9.02. The van der Waals surface area contributed by atoms with Crippen LogP contribution in [-0.4, -0.2) is 66.9 Å². The van der Waals surface area contributed by atoms with Gasteiger partial charge in [0.2, 0.25) is 11.8 Å². The second-order valence-corrected chi connectivity index (χ2v) is 6.80. The Morgan fingerprint density at radius 2 is 2.04 bits per heavy atom. The van der Waals surface area contributed by atoms with Crippen molar-refractivity contribution in [2.24, 2.45) is 5.92 Å². The van der Waals surface area contributed by atoms with Gasteiger partial charge in [-0.15, -0.1) is 0 Å². The molecule has 1 aromatic carbocycles. The Labute approximate surface area is 153 Å². The van der Waals surface area contributed by atoms with Gasteiger partial charge < -0.3 is 19.9 Å². The number of hydrogen-bond acceptors (Lipinski definition) is 4. The number of rotatable bonds is 6. The summed E-state index contributed by atoms with van der Waals surface area (Å²) in [5.74, 6) is 0.209. The van der Waals surface area contributed by atoms with Crippen molar-refractivity contribution in [1.82, 2.24) is 15.1 Å². The highest BCUT2D eigenvalue weighted by molar-refractivity contribution is 5.89. The van der Waals surface area contributed by atoms with Crippen molar-refractivity contribution in [3.63, 3.8) is 0 Å². The van der Waals surface area contributed by atoms with E-state index in [0.717, 1.165) is 12.0 Å². The van der Waals surface area contributed by atoms with Crippen LogP contribution in [0.15, 0.2) is 24.3 Å². The van der Waals surface area contributed by atoms with E-state index in [2.05, 4.69) is 12.2 Å². The zero-order chi connectivity index (χ0) is 18.7. The first kappa shape index (κ1) is 18.2. The zero-order valence-electron chi connectivity index (χ0n) is 15.2. The number of aryl methyl sites for hydroxylation is 1. The summed E-state index contributed by atoms with van der Waals surface area (Å²) in [7, 11) is 1.58. The molecule has 3 rings (SSSR count). The molecule has 1 atom stereocenters. The van der Waals surface area contributed by atoms with Crippen molar-refractivity contribution in [1.29, 1.82) is 0 Å². The van der Waals surface area contributed by atoms with Gasteiger partial charge in [-0.3, -0.25) is 14.4 Å². The maximum absolute atomic E-state index is 12.2. The summed E-state index contributed by atoms with van der Waals surface area (Å²) in [5, 5.41) is 2.59. The normalized spacial score (nSPS) is 20.1. The minimum absolute atomic E-state index is 0.00419. The van der Waals surface area contributed by atoms with Crippen LogP contribution in [0.2, 0.25) is 0 Å². The molecule has 0 spiro atoms. The fraction of sp³-hybridized carbons (Fsp3) is 0.526. The average molecular weight is 359 g/mol. The molecule has 0 bridgehead atoms. The van der Waals surface area contributed by atoms with E-state index in [1.54, 1.807) is 16.8 Å². The number of ether oxygens (including phenoxy) is 1. The third-order valence-corrected chi connectivity index (χ3v) is 5.10. The van der Waals surface area contributed by atoms with Crippen molar-refractivity contribution < 1.29 is 19.1 Å². The van der Waals surface area contributed by atoms with E-state index in [9.17, 15) is 14.4 Å². The standard InChI is InChI=1S/C19H25N3O4/c1-3-13-5-4-6-16(7-13)26-12-18(24)21-10-15(11-21)22-9-14(8-17(22)23)19(25)20-2/h4-7,14-15H,3,8-12H2,1-2H3,(H,20,25). The van der Waals surface area contributed by atoms with Crippen molar-refractivity contribution >= 4 is 17.7 Å². The van der Waals surface area contributed by atoms with Crippen molar-refractivity contribution in [2.75, 3.05) is 33.3 Å². The molecular formula is C19H25N3O4. The van der Waals surface area contributed by atoms with Gasteiger partial charge in [0.15, 0.2) is 6.61 Å². The molecule has 2 fully saturated rings. The average Bonchev–Trinajstić information content (AvgIpc) is 2.99. The van der Waals surface area contributed by atoms with Crippen LogP contribution >= 0.6 is 0 Å². The summed E-state index contributed by atoms with van der Waals surface area (Å²) in [6, 6.07) is 7.72. The van der Waals surface area contributed by atoms with E-state index >= 15 is 0 Å². The molecule has 7 nitrogen and oxygen atoms in total. The minimum Gasteiger partial charge on any atom is -0.484 e.